The van der Waals surface area contributed by atoms with Crippen LogP contribution >= 0.6 is 12.2 Å². The Bertz CT molecular complexity index is 744. The molecule has 1 aromatic carbocycles. The number of rotatable bonds is 3. The second kappa shape index (κ2) is 7.53. The van der Waals surface area contributed by atoms with Crippen LogP contribution < -0.4 is 5.32 Å². The Morgan fingerprint density at radius 3 is 2.96 bits per heavy atom. The van der Waals surface area contributed by atoms with Crippen LogP contribution in [0, 0.1) is 5.92 Å². The minimum Gasteiger partial charge on any atom is -0.466 e. The van der Waals surface area contributed by atoms with Crippen LogP contribution in [0.1, 0.15) is 19.8 Å². The van der Waals surface area contributed by atoms with Crippen molar-refractivity contribution in [1.29, 1.82) is 0 Å². The first-order chi connectivity index (χ1) is 11.7. The summed E-state index contributed by atoms with van der Waals surface area (Å²) in [5.74, 6) is -0.104. The summed E-state index contributed by atoms with van der Waals surface area (Å²) in [4.78, 5) is 22.1. The Balaban J connectivity index is 1.58. The molecule has 1 aromatic heterocycles. The van der Waals surface area contributed by atoms with Gasteiger partial charge in [0.2, 0.25) is 0 Å². The number of hydrogen-bond donors (Lipinski definition) is 1. The predicted octanol–water partition coefficient (Wildman–Crippen LogP) is 2.60. The summed E-state index contributed by atoms with van der Waals surface area (Å²) in [7, 11) is 0. The van der Waals surface area contributed by atoms with Crippen LogP contribution in [-0.2, 0) is 9.53 Å². The number of carbonyl (C=O) groups excluding carboxylic acids is 1. The number of nitrogens with zero attached hydrogens (tertiary/aromatic N) is 3. The maximum absolute atomic E-state index is 11.8. The number of thiocarbonyl (C=S) groups is 1. The molecule has 24 heavy (non-hydrogen) atoms. The van der Waals surface area contributed by atoms with Crippen LogP contribution in [0.25, 0.3) is 10.9 Å². The molecule has 3 rings (SSSR count). The van der Waals surface area contributed by atoms with Gasteiger partial charge < -0.3 is 15.0 Å². The van der Waals surface area contributed by atoms with Crippen molar-refractivity contribution in [2.45, 2.75) is 19.8 Å². The number of piperidine rings is 1. The van der Waals surface area contributed by atoms with Crippen molar-refractivity contribution in [3.8, 4) is 0 Å². The molecule has 6 nitrogen and oxygen atoms in total. The molecule has 1 aliphatic heterocycles. The molecule has 0 atom stereocenters. The fraction of sp³-hybridized carbons (Fsp3) is 0.412. The van der Waals surface area contributed by atoms with Gasteiger partial charge in [-0.05, 0) is 50.2 Å². The fourth-order valence-electron chi connectivity index (χ4n) is 2.84. The van der Waals surface area contributed by atoms with Crippen molar-refractivity contribution in [3.05, 3.63) is 30.7 Å². The van der Waals surface area contributed by atoms with Gasteiger partial charge in [-0.2, -0.15) is 0 Å². The van der Waals surface area contributed by atoms with E-state index in [-0.39, 0.29) is 11.9 Å². The largest absolute Gasteiger partial charge is 0.466 e. The molecule has 126 valence electrons. The standard InChI is InChI=1S/C17H20N4O2S/c1-2-23-16(22)12-5-7-21(8-6-12)17(24)20-14-3-4-15-13(9-14)10-18-11-19-15/h3-4,9-12H,2,5-8H2,1H3,(H,20,24). The van der Waals surface area contributed by atoms with Crippen molar-refractivity contribution in [2.75, 3.05) is 25.0 Å². The van der Waals surface area contributed by atoms with Crippen LogP contribution in [0.15, 0.2) is 30.7 Å². The average Bonchev–Trinajstić information content (AvgIpc) is 2.62. The Hall–Kier alpha value is -2.28. The van der Waals surface area contributed by atoms with Gasteiger partial charge in [-0.15, -0.1) is 0 Å². The molecule has 2 aromatic rings. The van der Waals surface area contributed by atoms with Crippen molar-refractivity contribution in [2.24, 2.45) is 5.92 Å². The zero-order chi connectivity index (χ0) is 16.9. The number of hydrogen-bond acceptors (Lipinski definition) is 5. The lowest BCUT2D eigenvalue weighted by atomic mass is 9.97. The lowest BCUT2D eigenvalue weighted by Gasteiger charge is -2.32. The lowest BCUT2D eigenvalue weighted by Crippen LogP contribution is -2.42. The molecule has 7 heteroatoms. The minimum absolute atomic E-state index is 0.0122. The third-order valence-corrected chi connectivity index (χ3v) is 4.52. The van der Waals surface area contributed by atoms with E-state index in [1.807, 2.05) is 25.1 Å². The third kappa shape index (κ3) is 3.79. The van der Waals surface area contributed by atoms with Gasteiger partial charge in [-0.1, -0.05) is 0 Å². The second-order valence-corrected chi connectivity index (χ2v) is 6.13. The summed E-state index contributed by atoms with van der Waals surface area (Å²) in [6.45, 7) is 3.78. The molecule has 2 heterocycles. The molecule has 1 N–H and O–H groups in total. The molecule has 1 fully saturated rings. The maximum atomic E-state index is 11.8. The number of fused-ring (bicyclic) bond motifs is 1. The average molecular weight is 344 g/mol. The monoisotopic (exact) mass is 344 g/mol. The smallest absolute Gasteiger partial charge is 0.309 e. The van der Waals surface area contributed by atoms with Gasteiger partial charge in [0.05, 0.1) is 18.0 Å². The Morgan fingerprint density at radius 1 is 1.42 bits per heavy atom. The summed E-state index contributed by atoms with van der Waals surface area (Å²) < 4.78 is 5.10. The number of likely N-dealkylation sites (tertiary alicyclic amines) is 1. The van der Waals surface area contributed by atoms with E-state index in [2.05, 4.69) is 20.2 Å². The van der Waals surface area contributed by atoms with Crippen LogP contribution in [0.2, 0.25) is 0 Å². The minimum atomic E-state index is -0.0921. The molecular weight excluding hydrogens is 324 g/mol. The van der Waals surface area contributed by atoms with Gasteiger partial charge in [0.25, 0.3) is 0 Å². The van der Waals surface area contributed by atoms with Crippen molar-refractivity contribution in [1.82, 2.24) is 14.9 Å². The lowest BCUT2D eigenvalue weighted by molar-refractivity contribution is -0.149. The van der Waals surface area contributed by atoms with Crippen molar-refractivity contribution >= 4 is 39.9 Å². The van der Waals surface area contributed by atoms with Crippen LogP contribution in [0.3, 0.4) is 0 Å². The Kier molecular flexibility index (Phi) is 5.20. The molecule has 0 bridgehead atoms. The van der Waals surface area contributed by atoms with Gasteiger partial charge >= 0.3 is 5.97 Å². The molecular formula is C17H20N4O2S. The highest BCUT2D eigenvalue weighted by Gasteiger charge is 2.26. The van der Waals surface area contributed by atoms with Gasteiger partial charge in [0.1, 0.15) is 6.33 Å². The van der Waals surface area contributed by atoms with E-state index < -0.39 is 0 Å². The topological polar surface area (TPSA) is 67.3 Å². The summed E-state index contributed by atoms with van der Waals surface area (Å²) in [6, 6.07) is 5.87. The van der Waals surface area contributed by atoms with Crippen LogP contribution in [0.5, 0.6) is 0 Å². The number of nitrogens with one attached hydrogen (secondary N) is 1. The van der Waals surface area contributed by atoms with E-state index in [0.29, 0.717) is 11.7 Å². The highest BCUT2D eigenvalue weighted by Crippen LogP contribution is 2.21. The highest BCUT2D eigenvalue weighted by atomic mass is 32.1. The van der Waals surface area contributed by atoms with Crippen molar-refractivity contribution in [3.63, 3.8) is 0 Å². The summed E-state index contributed by atoms with van der Waals surface area (Å²) in [5.41, 5.74) is 1.81. The number of anilines is 1. The fourth-order valence-corrected chi connectivity index (χ4v) is 3.14. The van der Waals surface area contributed by atoms with E-state index in [4.69, 9.17) is 17.0 Å². The van der Waals surface area contributed by atoms with Crippen LogP contribution in [0.4, 0.5) is 5.69 Å². The predicted molar refractivity (Wildman–Crippen MR) is 96.7 cm³/mol. The van der Waals surface area contributed by atoms with E-state index in [1.165, 1.54) is 6.33 Å². The quantitative estimate of drug-likeness (QED) is 0.678. The maximum Gasteiger partial charge on any atom is 0.309 e. The first-order valence-corrected chi connectivity index (χ1v) is 8.50. The molecule has 0 saturated carbocycles. The SMILES string of the molecule is CCOC(=O)C1CCN(C(=S)Nc2ccc3ncncc3c2)CC1. The molecule has 0 unspecified atom stereocenters. The second-order valence-electron chi connectivity index (χ2n) is 5.74. The first kappa shape index (κ1) is 16.6. The van der Waals surface area contributed by atoms with E-state index in [1.54, 1.807) is 6.20 Å². The molecule has 0 aliphatic carbocycles. The van der Waals surface area contributed by atoms with Crippen LogP contribution in [-0.4, -0.2) is 45.6 Å². The highest BCUT2D eigenvalue weighted by molar-refractivity contribution is 7.80. The van der Waals surface area contributed by atoms with Gasteiger partial charge in [0, 0.05) is 30.4 Å². The van der Waals surface area contributed by atoms with Gasteiger partial charge in [-0.25, -0.2) is 9.97 Å². The Morgan fingerprint density at radius 2 is 2.21 bits per heavy atom. The number of esters is 1. The van der Waals surface area contributed by atoms with E-state index >= 15 is 0 Å². The van der Waals surface area contributed by atoms with Crippen molar-refractivity contribution < 1.29 is 9.53 Å². The summed E-state index contributed by atoms with van der Waals surface area (Å²) in [6.07, 6.45) is 4.85. The molecule has 1 saturated heterocycles. The van der Waals surface area contributed by atoms with Gasteiger partial charge in [-0.3, -0.25) is 4.79 Å². The van der Waals surface area contributed by atoms with E-state index in [9.17, 15) is 4.79 Å². The number of benzene rings is 1. The molecule has 0 radical (unpaired) electrons. The summed E-state index contributed by atoms with van der Waals surface area (Å²) >= 11 is 5.50. The number of ether oxygens (including phenoxy) is 1. The first-order valence-electron chi connectivity index (χ1n) is 8.09. The number of aromatic nitrogens is 2. The molecule has 1 aliphatic rings. The molecule has 0 spiro atoms. The number of carbonyl (C=O) groups is 1. The molecule has 0 amide bonds. The summed E-state index contributed by atoms with van der Waals surface area (Å²) in [5, 5.41) is 4.90. The zero-order valence-electron chi connectivity index (χ0n) is 13.6. The zero-order valence-corrected chi connectivity index (χ0v) is 14.4. The normalized spacial score (nSPS) is 15.3. The Labute approximate surface area is 146 Å². The van der Waals surface area contributed by atoms with E-state index in [0.717, 1.165) is 42.5 Å². The third-order valence-electron chi connectivity index (χ3n) is 4.16. The van der Waals surface area contributed by atoms with Gasteiger partial charge in [0.15, 0.2) is 5.11 Å².